The molecule has 1 aromatic carbocycles. The highest BCUT2D eigenvalue weighted by Crippen LogP contribution is 2.36. The second-order valence-corrected chi connectivity index (χ2v) is 8.04. The quantitative estimate of drug-likeness (QED) is 0.766. The van der Waals surface area contributed by atoms with E-state index in [0.717, 1.165) is 56.1 Å². The number of hydrogen-bond acceptors (Lipinski definition) is 6. The minimum atomic E-state index is -0.0987. The second kappa shape index (κ2) is 8.41. The van der Waals surface area contributed by atoms with E-state index in [-0.39, 0.29) is 11.5 Å². The number of aryl methyl sites for hydroxylation is 1. The van der Waals surface area contributed by atoms with Crippen LogP contribution in [0, 0.1) is 6.92 Å². The topological polar surface area (TPSA) is 62.2 Å². The molecule has 0 saturated carbocycles. The van der Waals surface area contributed by atoms with Gasteiger partial charge in [0.2, 0.25) is 0 Å². The van der Waals surface area contributed by atoms with Crippen molar-refractivity contribution in [1.82, 2.24) is 4.57 Å². The highest BCUT2D eigenvalue weighted by atomic mass is 16.6. The van der Waals surface area contributed by atoms with Gasteiger partial charge in [0.25, 0.3) is 0 Å². The van der Waals surface area contributed by atoms with Crippen LogP contribution in [-0.4, -0.2) is 63.4 Å². The second-order valence-electron chi connectivity index (χ2n) is 8.04. The molecule has 2 aromatic rings. The van der Waals surface area contributed by atoms with Gasteiger partial charge in [0.1, 0.15) is 12.7 Å². The van der Waals surface area contributed by atoms with Crippen LogP contribution in [-0.2, 0) is 27.2 Å². The Morgan fingerprint density at radius 2 is 1.93 bits per heavy atom. The molecule has 0 N–H and O–H groups in total. The molecular formula is C23H28N2O5. The molecule has 3 aliphatic heterocycles. The first kappa shape index (κ1) is 19.6. The molecule has 2 fully saturated rings. The van der Waals surface area contributed by atoms with Crippen molar-refractivity contribution in [3.8, 4) is 17.1 Å². The van der Waals surface area contributed by atoms with Gasteiger partial charge in [-0.3, -0.25) is 4.79 Å². The van der Waals surface area contributed by atoms with E-state index >= 15 is 0 Å². The number of fused-ring (bicyclic) bond motifs is 3. The van der Waals surface area contributed by atoms with Crippen LogP contribution >= 0.6 is 0 Å². The van der Waals surface area contributed by atoms with Crippen LogP contribution < -0.4 is 15.1 Å². The third-order valence-electron chi connectivity index (χ3n) is 6.14. The third-order valence-corrected chi connectivity index (χ3v) is 6.14. The molecule has 1 atom stereocenters. The zero-order valence-electron chi connectivity index (χ0n) is 17.4. The van der Waals surface area contributed by atoms with Gasteiger partial charge in [-0.05, 0) is 31.0 Å². The molecule has 7 nitrogen and oxygen atoms in total. The van der Waals surface area contributed by atoms with Crippen molar-refractivity contribution in [3.05, 3.63) is 45.6 Å². The Morgan fingerprint density at radius 1 is 1.07 bits per heavy atom. The summed E-state index contributed by atoms with van der Waals surface area (Å²) in [5, 5.41) is 0. The maximum absolute atomic E-state index is 12.7. The van der Waals surface area contributed by atoms with E-state index in [2.05, 4.69) is 27.7 Å². The van der Waals surface area contributed by atoms with Gasteiger partial charge >= 0.3 is 0 Å². The molecule has 0 aliphatic carbocycles. The summed E-state index contributed by atoms with van der Waals surface area (Å²) in [5.74, 6) is 0.609. The fraction of sp³-hybridized carbons (Fsp3) is 0.522. The SMILES string of the molecule is Cc1c2n(c(OC[C@@H]3COCCO3)cc1=O)CCc1cc(N3CCOCC3)ccc1-2. The van der Waals surface area contributed by atoms with Gasteiger partial charge in [0.05, 0.1) is 38.7 Å². The number of rotatable bonds is 4. The Kier molecular flexibility index (Phi) is 5.50. The van der Waals surface area contributed by atoms with Gasteiger partial charge in [0.15, 0.2) is 11.3 Å². The maximum Gasteiger partial charge on any atom is 0.197 e. The van der Waals surface area contributed by atoms with Gasteiger partial charge in [0, 0.05) is 42.5 Å². The van der Waals surface area contributed by atoms with Crippen molar-refractivity contribution in [2.24, 2.45) is 0 Å². The molecule has 0 radical (unpaired) electrons. The number of anilines is 1. The molecule has 3 aliphatic rings. The van der Waals surface area contributed by atoms with Crippen molar-refractivity contribution in [2.45, 2.75) is 26.0 Å². The number of morpholine rings is 1. The molecular weight excluding hydrogens is 384 g/mol. The Bertz CT molecular complexity index is 974. The van der Waals surface area contributed by atoms with Crippen LogP contribution in [0.3, 0.4) is 0 Å². The first-order valence-electron chi connectivity index (χ1n) is 10.7. The number of ether oxygens (including phenoxy) is 4. The molecule has 5 rings (SSSR count). The number of pyridine rings is 1. The van der Waals surface area contributed by atoms with Gasteiger partial charge in [-0.1, -0.05) is 6.07 Å². The number of aromatic nitrogens is 1. The zero-order valence-corrected chi connectivity index (χ0v) is 17.4. The standard InChI is InChI=1S/C23H28N2O5/c1-16-21(26)13-22(30-15-19-14-28-10-11-29-19)25-5-4-17-12-18(2-3-20(17)23(16)25)24-6-8-27-9-7-24/h2-3,12-13,19H,4-11,14-15H2,1H3/t19-/m0/s1. The van der Waals surface area contributed by atoms with E-state index in [1.807, 2.05) is 6.92 Å². The minimum absolute atomic E-state index is 0.00201. The normalized spacial score (nSPS) is 21.1. The fourth-order valence-corrected chi connectivity index (χ4v) is 4.50. The Balaban J connectivity index is 1.46. The van der Waals surface area contributed by atoms with Crippen molar-refractivity contribution in [3.63, 3.8) is 0 Å². The van der Waals surface area contributed by atoms with E-state index in [1.165, 1.54) is 11.3 Å². The van der Waals surface area contributed by atoms with Crippen LogP contribution in [0.15, 0.2) is 29.1 Å². The Hall–Kier alpha value is -2.35. The van der Waals surface area contributed by atoms with Gasteiger partial charge in [-0.2, -0.15) is 0 Å². The van der Waals surface area contributed by atoms with Crippen molar-refractivity contribution >= 4 is 5.69 Å². The molecule has 2 saturated heterocycles. The van der Waals surface area contributed by atoms with Crippen LogP contribution in [0.5, 0.6) is 5.88 Å². The van der Waals surface area contributed by atoms with E-state index in [0.29, 0.717) is 32.3 Å². The van der Waals surface area contributed by atoms with E-state index < -0.39 is 0 Å². The van der Waals surface area contributed by atoms with Crippen LogP contribution in [0.25, 0.3) is 11.3 Å². The molecule has 0 spiro atoms. The lowest BCUT2D eigenvalue weighted by Gasteiger charge is -2.31. The molecule has 0 bridgehead atoms. The molecule has 1 aromatic heterocycles. The number of nitrogens with zero attached hydrogens (tertiary/aromatic N) is 2. The van der Waals surface area contributed by atoms with Crippen molar-refractivity contribution in [2.75, 3.05) is 57.6 Å². The molecule has 7 heteroatoms. The maximum atomic E-state index is 12.7. The minimum Gasteiger partial charge on any atom is -0.476 e. The third kappa shape index (κ3) is 3.73. The lowest BCUT2D eigenvalue weighted by atomic mass is 9.94. The smallest absolute Gasteiger partial charge is 0.197 e. The Labute approximate surface area is 176 Å². The predicted octanol–water partition coefficient (Wildman–Crippen LogP) is 2.01. The summed E-state index contributed by atoms with van der Waals surface area (Å²) < 4.78 is 24.8. The summed E-state index contributed by atoms with van der Waals surface area (Å²) >= 11 is 0. The summed E-state index contributed by atoms with van der Waals surface area (Å²) in [6.45, 7) is 8.17. The van der Waals surface area contributed by atoms with E-state index in [9.17, 15) is 4.79 Å². The van der Waals surface area contributed by atoms with Crippen molar-refractivity contribution in [1.29, 1.82) is 0 Å². The summed E-state index contributed by atoms with van der Waals surface area (Å²) in [4.78, 5) is 15.1. The molecule has 30 heavy (non-hydrogen) atoms. The summed E-state index contributed by atoms with van der Waals surface area (Å²) in [6.07, 6.45) is 0.806. The lowest BCUT2D eigenvalue weighted by molar-refractivity contribution is -0.102. The van der Waals surface area contributed by atoms with Crippen LogP contribution in [0.2, 0.25) is 0 Å². The molecule has 0 amide bonds. The molecule has 4 heterocycles. The molecule has 0 unspecified atom stereocenters. The predicted molar refractivity (Wildman–Crippen MR) is 114 cm³/mol. The Morgan fingerprint density at radius 3 is 2.73 bits per heavy atom. The lowest BCUT2D eigenvalue weighted by Crippen LogP contribution is -2.36. The number of benzene rings is 1. The summed E-state index contributed by atoms with van der Waals surface area (Å²) in [5.41, 5.74) is 5.36. The van der Waals surface area contributed by atoms with E-state index in [1.54, 1.807) is 6.07 Å². The first-order valence-corrected chi connectivity index (χ1v) is 10.7. The van der Waals surface area contributed by atoms with Crippen LogP contribution in [0.4, 0.5) is 5.69 Å². The average molecular weight is 412 g/mol. The van der Waals surface area contributed by atoms with Gasteiger partial charge in [-0.15, -0.1) is 0 Å². The first-order chi connectivity index (χ1) is 14.7. The summed E-state index contributed by atoms with van der Waals surface area (Å²) in [7, 11) is 0. The zero-order chi connectivity index (χ0) is 20.5. The highest BCUT2D eigenvalue weighted by molar-refractivity contribution is 5.72. The molecule has 160 valence electrons. The highest BCUT2D eigenvalue weighted by Gasteiger charge is 2.24. The monoisotopic (exact) mass is 412 g/mol. The van der Waals surface area contributed by atoms with Crippen molar-refractivity contribution < 1.29 is 18.9 Å². The van der Waals surface area contributed by atoms with Crippen LogP contribution in [0.1, 0.15) is 11.1 Å². The fourth-order valence-electron chi connectivity index (χ4n) is 4.50. The number of hydrogen-bond donors (Lipinski definition) is 0. The summed E-state index contributed by atoms with van der Waals surface area (Å²) in [6, 6.07) is 8.19. The largest absolute Gasteiger partial charge is 0.476 e. The van der Waals surface area contributed by atoms with Gasteiger partial charge in [-0.25, -0.2) is 0 Å². The average Bonchev–Trinajstić information content (AvgIpc) is 2.81. The van der Waals surface area contributed by atoms with E-state index in [4.69, 9.17) is 18.9 Å². The van der Waals surface area contributed by atoms with Gasteiger partial charge < -0.3 is 28.4 Å².